The first-order valence-corrected chi connectivity index (χ1v) is 21.8. The summed E-state index contributed by atoms with van der Waals surface area (Å²) < 4.78 is 0. The van der Waals surface area contributed by atoms with Crippen LogP contribution in [0.4, 0.5) is 17.1 Å². The van der Waals surface area contributed by atoms with Crippen molar-refractivity contribution in [2.45, 2.75) is 19.8 Å². The SMILES string of the molecule is CC(C)c1ccc(N(c2ccc3cc4c(cc3c2)-c2cc3ccc(-c5ccccc5)cc3cc2-4)c2ccc3cc4c(cc3c2)-c2cc3ccc(-c5ccccc5)cc3cc2-4)cc1. The Bertz CT molecular complexity index is 3420. The van der Waals surface area contributed by atoms with Crippen LogP contribution < -0.4 is 4.90 Å². The third-order valence-electron chi connectivity index (χ3n) is 13.6. The number of fused-ring (bicyclic) bond motifs is 12. The minimum atomic E-state index is 0.465. The standard InChI is InChI=1S/C61H41N/c1-37(2)38-17-21-51(22-18-38)62(52-23-19-45-31-56-58-33-47-25-41(39-9-5-3-6-10-39)13-15-43(47)29-54(58)60(56)35-49(45)27-52)53-24-20-46-32-57-59-34-48-26-42(40-11-7-4-8-12-40)14-16-44(48)30-55(59)61(57)36-50(46)28-53/h3-37H,1-2H3. The van der Waals surface area contributed by atoms with Gasteiger partial charge in [0.25, 0.3) is 0 Å². The van der Waals surface area contributed by atoms with Crippen molar-refractivity contribution >= 4 is 60.2 Å². The molecule has 0 heterocycles. The van der Waals surface area contributed by atoms with E-state index >= 15 is 0 Å². The van der Waals surface area contributed by atoms with Crippen molar-refractivity contribution in [3.8, 4) is 66.8 Å². The Morgan fingerprint density at radius 3 is 0.952 bits per heavy atom. The summed E-state index contributed by atoms with van der Waals surface area (Å²) in [5.41, 5.74) is 20.5. The molecule has 2 aliphatic rings. The van der Waals surface area contributed by atoms with Crippen LogP contribution in [0.3, 0.4) is 0 Å². The molecular formula is C61H41N. The molecule has 0 bridgehead atoms. The molecule has 0 saturated heterocycles. The van der Waals surface area contributed by atoms with Gasteiger partial charge in [0.15, 0.2) is 0 Å². The minimum Gasteiger partial charge on any atom is -0.310 e. The molecule has 1 nitrogen and oxygen atoms in total. The summed E-state index contributed by atoms with van der Waals surface area (Å²) in [5, 5.41) is 10.1. The lowest BCUT2D eigenvalue weighted by Gasteiger charge is -2.29. The Morgan fingerprint density at radius 2 is 0.581 bits per heavy atom. The monoisotopic (exact) mass is 787 g/mol. The predicted octanol–water partition coefficient (Wildman–Crippen LogP) is 17.5. The van der Waals surface area contributed by atoms with E-state index in [9.17, 15) is 0 Å². The van der Waals surface area contributed by atoms with Gasteiger partial charge in [0.2, 0.25) is 0 Å². The molecule has 11 aromatic rings. The van der Waals surface area contributed by atoms with Crippen molar-refractivity contribution in [1.29, 1.82) is 0 Å². The molecule has 0 fully saturated rings. The highest BCUT2D eigenvalue weighted by atomic mass is 15.1. The number of rotatable bonds is 6. The Labute approximate surface area is 361 Å². The van der Waals surface area contributed by atoms with Crippen molar-refractivity contribution in [3.05, 3.63) is 212 Å². The maximum atomic E-state index is 2.43. The van der Waals surface area contributed by atoms with E-state index < -0.39 is 0 Å². The Kier molecular flexibility index (Phi) is 7.57. The fraction of sp³-hybridized carbons (Fsp3) is 0.0492. The molecule has 0 aromatic heterocycles. The average molecular weight is 788 g/mol. The molecule has 290 valence electrons. The summed E-state index contributed by atoms with van der Waals surface area (Å²) >= 11 is 0. The van der Waals surface area contributed by atoms with E-state index in [1.807, 2.05) is 0 Å². The topological polar surface area (TPSA) is 3.24 Å². The summed E-state index contributed by atoms with van der Waals surface area (Å²) in [7, 11) is 0. The Balaban J connectivity index is 0.878. The van der Waals surface area contributed by atoms with Gasteiger partial charge in [0, 0.05) is 17.1 Å². The normalized spacial score (nSPS) is 12.2. The molecule has 62 heavy (non-hydrogen) atoms. The van der Waals surface area contributed by atoms with Crippen LogP contribution in [0.5, 0.6) is 0 Å². The predicted molar refractivity (Wildman–Crippen MR) is 265 cm³/mol. The third-order valence-corrected chi connectivity index (χ3v) is 13.6. The van der Waals surface area contributed by atoms with Crippen molar-refractivity contribution in [1.82, 2.24) is 0 Å². The maximum Gasteiger partial charge on any atom is 0.0468 e. The van der Waals surface area contributed by atoms with E-state index in [0.717, 1.165) is 17.1 Å². The van der Waals surface area contributed by atoms with E-state index in [2.05, 4.69) is 225 Å². The van der Waals surface area contributed by atoms with Crippen molar-refractivity contribution in [2.24, 2.45) is 0 Å². The number of nitrogens with zero attached hydrogens (tertiary/aromatic N) is 1. The summed E-state index contributed by atoms with van der Waals surface area (Å²) in [5.74, 6) is 0.465. The summed E-state index contributed by atoms with van der Waals surface area (Å²) in [6, 6.07) is 77.3. The fourth-order valence-electron chi connectivity index (χ4n) is 10.2. The van der Waals surface area contributed by atoms with Gasteiger partial charge in [0.05, 0.1) is 0 Å². The zero-order chi connectivity index (χ0) is 41.1. The molecular weight excluding hydrogens is 747 g/mol. The van der Waals surface area contributed by atoms with E-state index in [-0.39, 0.29) is 0 Å². The van der Waals surface area contributed by atoms with Gasteiger partial charge >= 0.3 is 0 Å². The van der Waals surface area contributed by atoms with E-state index in [1.54, 1.807) is 0 Å². The van der Waals surface area contributed by atoms with Gasteiger partial charge in [-0.2, -0.15) is 0 Å². The minimum absolute atomic E-state index is 0.465. The van der Waals surface area contributed by atoms with Crippen LogP contribution in [0.1, 0.15) is 25.3 Å². The van der Waals surface area contributed by atoms with Gasteiger partial charge in [-0.25, -0.2) is 0 Å². The van der Waals surface area contributed by atoms with Crippen LogP contribution in [-0.4, -0.2) is 0 Å². The highest BCUT2D eigenvalue weighted by Gasteiger charge is 2.26. The van der Waals surface area contributed by atoms with Crippen LogP contribution >= 0.6 is 0 Å². The quantitative estimate of drug-likeness (QED) is 0.162. The molecule has 0 unspecified atom stereocenters. The fourth-order valence-corrected chi connectivity index (χ4v) is 10.2. The molecule has 0 aliphatic heterocycles. The number of hydrogen-bond acceptors (Lipinski definition) is 1. The van der Waals surface area contributed by atoms with E-state index in [1.165, 1.54) is 115 Å². The first-order chi connectivity index (χ1) is 30.5. The first kappa shape index (κ1) is 35.1. The van der Waals surface area contributed by atoms with Crippen LogP contribution in [0.2, 0.25) is 0 Å². The number of benzene rings is 11. The second kappa shape index (κ2) is 13.4. The summed E-state index contributed by atoms with van der Waals surface area (Å²) in [4.78, 5) is 2.43. The molecule has 0 saturated carbocycles. The smallest absolute Gasteiger partial charge is 0.0468 e. The van der Waals surface area contributed by atoms with Crippen molar-refractivity contribution in [3.63, 3.8) is 0 Å². The second-order valence-corrected chi connectivity index (χ2v) is 17.6. The van der Waals surface area contributed by atoms with Crippen LogP contribution in [-0.2, 0) is 0 Å². The lowest BCUT2D eigenvalue weighted by Crippen LogP contribution is -2.10. The molecule has 0 N–H and O–H groups in total. The molecule has 2 aliphatic carbocycles. The van der Waals surface area contributed by atoms with Crippen molar-refractivity contribution in [2.75, 3.05) is 4.90 Å². The van der Waals surface area contributed by atoms with E-state index in [0.29, 0.717) is 5.92 Å². The third kappa shape index (κ3) is 5.48. The zero-order valence-corrected chi connectivity index (χ0v) is 34.7. The van der Waals surface area contributed by atoms with Gasteiger partial charge in [-0.15, -0.1) is 0 Å². The van der Waals surface area contributed by atoms with Gasteiger partial charge in [-0.3, -0.25) is 0 Å². The highest BCUT2D eigenvalue weighted by molar-refractivity contribution is 6.14. The second-order valence-electron chi connectivity index (χ2n) is 17.6. The average Bonchev–Trinajstić information content (AvgIpc) is 3.32. The molecule has 0 radical (unpaired) electrons. The van der Waals surface area contributed by atoms with Crippen molar-refractivity contribution < 1.29 is 0 Å². The van der Waals surface area contributed by atoms with Gasteiger partial charge < -0.3 is 4.90 Å². The lowest BCUT2D eigenvalue weighted by molar-refractivity contribution is 0.866. The maximum absolute atomic E-state index is 2.43. The van der Waals surface area contributed by atoms with Crippen LogP contribution in [0, 0.1) is 0 Å². The Hall–Kier alpha value is -7.74. The van der Waals surface area contributed by atoms with Crippen LogP contribution in [0.15, 0.2) is 206 Å². The lowest BCUT2D eigenvalue weighted by atomic mass is 9.77. The molecule has 13 rings (SSSR count). The van der Waals surface area contributed by atoms with E-state index in [4.69, 9.17) is 0 Å². The van der Waals surface area contributed by atoms with Gasteiger partial charge in [-0.05, 0) is 218 Å². The van der Waals surface area contributed by atoms with Gasteiger partial charge in [0.1, 0.15) is 0 Å². The number of hydrogen-bond donors (Lipinski definition) is 0. The van der Waals surface area contributed by atoms with Gasteiger partial charge in [-0.1, -0.05) is 123 Å². The summed E-state index contributed by atoms with van der Waals surface area (Å²) in [6.45, 7) is 4.52. The molecule has 0 spiro atoms. The largest absolute Gasteiger partial charge is 0.310 e. The first-order valence-electron chi connectivity index (χ1n) is 21.8. The molecule has 1 heteroatoms. The zero-order valence-electron chi connectivity index (χ0n) is 34.7. The highest BCUT2D eigenvalue weighted by Crippen LogP contribution is 2.53. The molecule has 11 aromatic carbocycles. The molecule has 0 amide bonds. The number of anilines is 3. The van der Waals surface area contributed by atoms with Crippen LogP contribution in [0.25, 0.3) is 110 Å². The Morgan fingerprint density at radius 1 is 0.258 bits per heavy atom. The summed E-state index contributed by atoms with van der Waals surface area (Å²) in [6.07, 6.45) is 0. The molecule has 0 atom stereocenters.